The van der Waals surface area contributed by atoms with Crippen LogP contribution in [0.15, 0.2) is 30.0 Å². The van der Waals surface area contributed by atoms with Gasteiger partial charge < -0.3 is 5.32 Å². The van der Waals surface area contributed by atoms with E-state index in [0.29, 0.717) is 16.5 Å². The molecule has 0 fully saturated rings. The molecule has 0 spiro atoms. The molecular formula is C15H16N6OS2. The van der Waals surface area contributed by atoms with Gasteiger partial charge in [0.1, 0.15) is 16.3 Å². The van der Waals surface area contributed by atoms with Gasteiger partial charge in [-0.25, -0.2) is 9.97 Å². The van der Waals surface area contributed by atoms with Gasteiger partial charge in [0, 0.05) is 17.3 Å². The first kappa shape index (κ1) is 16.5. The molecule has 0 aliphatic carbocycles. The van der Waals surface area contributed by atoms with Crippen molar-refractivity contribution in [1.29, 1.82) is 0 Å². The van der Waals surface area contributed by atoms with Gasteiger partial charge in [-0.3, -0.25) is 10.1 Å². The summed E-state index contributed by atoms with van der Waals surface area (Å²) in [7, 11) is 0. The lowest BCUT2D eigenvalue weighted by Gasteiger charge is -2.12. The van der Waals surface area contributed by atoms with Crippen LogP contribution in [0, 0.1) is 0 Å². The van der Waals surface area contributed by atoms with Crippen LogP contribution in [0.4, 0.5) is 10.9 Å². The average Bonchev–Trinajstić information content (AvgIpc) is 3.26. The average molecular weight is 360 g/mol. The van der Waals surface area contributed by atoms with E-state index in [1.165, 1.54) is 22.4 Å². The number of aryl methyl sites for hydroxylation is 1. The molecule has 1 unspecified atom stereocenters. The van der Waals surface area contributed by atoms with E-state index in [1.54, 1.807) is 29.0 Å². The SMILES string of the molecule is CCc1cnc(C(C)Nc2ccc(C(=O)Nc3nncs3)cn2)s1. The predicted octanol–water partition coefficient (Wildman–Crippen LogP) is 3.38. The van der Waals surface area contributed by atoms with Crippen LogP contribution >= 0.6 is 22.7 Å². The Bertz CT molecular complexity index is 800. The first-order valence-corrected chi connectivity index (χ1v) is 9.10. The van der Waals surface area contributed by atoms with Gasteiger partial charge in [-0.15, -0.1) is 21.5 Å². The van der Waals surface area contributed by atoms with Crippen molar-refractivity contribution in [3.05, 3.63) is 45.5 Å². The lowest BCUT2D eigenvalue weighted by atomic mass is 10.2. The summed E-state index contributed by atoms with van der Waals surface area (Å²) < 4.78 is 0. The molecule has 3 aromatic rings. The number of hydrogen-bond donors (Lipinski definition) is 2. The van der Waals surface area contributed by atoms with Gasteiger partial charge in [-0.05, 0) is 25.5 Å². The molecule has 1 atom stereocenters. The zero-order valence-corrected chi connectivity index (χ0v) is 14.8. The quantitative estimate of drug-likeness (QED) is 0.700. The molecule has 3 rings (SSSR count). The zero-order valence-electron chi connectivity index (χ0n) is 13.2. The van der Waals surface area contributed by atoms with Gasteiger partial charge in [0.25, 0.3) is 5.91 Å². The second-order valence-electron chi connectivity index (χ2n) is 5.01. The Morgan fingerprint density at radius 2 is 2.17 bits per heavy atom. The van der Waals surface area contributed by atoms with Crippen molar-refractivity contribution >= 4 is 39.5 Å². The Hall–Kier alpha value is -2.39. The van der Waals surface area contributed by atoms with Gasteiger partial charge >= 0.3 is 0 Å². The molecular weight excluding hydrogens is 344 g/mol. The van der Waals surface area contributed by atoms with E-state index in [4.69, 9.17) is 0 Å². The Morgan fingerprint density at radius 3 is 2.79 bits per heavy atom. The zero-order chi connectivity index (χ0) is 16.9. The molecule has 0 aliphatic heterocycles. The van der Waals surface area contributed by atoms with Crippen molar-refractivity contribution in [3.63, 3.8) is 0 Å². The monoisotopic (exact) mass is 360 g/mol. The maximum atomic E-state index is 12.1. The smallest absolute Gasteiger partial charge is 0.259 e. The minimum absolute atomic E-state index is 0.0591. The summed E-state index contributed by atoms with van der Waals surface area (Å²) >= 11 is 2.96. The Kier molecular flexibility index (Phi) is 5.11. The molecule has 3 aromatic heterocycles. The number of nitrogens with one attached hydrogen (secondary N) is 2. The van der Waals surface area contributed by atoms with Crippen LogP contribution < -0.4 is 10.6 Å². The van der Waals surface area contributed by atoms with Crippen molar-refractivity contribution in [2.24, 2.45) is 0 Å². The van der Waals surface area contributed by atoms with Gasteiger partial charge in [-0.1, -0.05) is 18.3 Å². The lowest BCUT2D eigenvalue weighted by Crippen LogP contribution is -2.13. The number of pyridine rings is 1. The molecule has 7 nitrogen and oxygen atoms in total. The number of aromatic nitrogens is 4. The highest BCUT2D eigenvalue weighted by Crippen LogP contribution is 2.23. The van der Waals surface area contributed by atoms with E-state index in [9.17, 15) is 4.79 Å². The normalized spacial score (nSPS) is 11.9. The first-order valence-electron chi connectivity index (χ1n) is 7.40. The lowest BCUT2D eigenvalue weighted by molar-refractivity contribution is 0.102. The van der Waals surface area contributed by atoms with E-state index in [-0.39, 0.29) is 11.9 Å². The number of carbonyl (C=O) groups is 1. The largest absolute Gasteiger partial charge is 0.361 e. The summed E-state index contributed by atoms with van der Waals surface area (Å²) in [6.07, 6.45) is 4.43. The molecule has 1 amide bonds. The van der Waals surface area contributed by atoms with Crippen molar-refractivity contribution in [2.45, 2.75) is 26.3 Å². The van der Waals surface area contributed by atoms with Crippen LogP contribution in [-0.4, -0.2) is 26.1 Å². The van der Waals surface area contributed by atoms with Crippen molar-refractivity contribution in [1.82, 2.24) is 20.2 Å². The van der Waals surface area contributed by atoms with Gasteiger partial charge in [-0.2, -0.15) is 0 Å². The highest BCUT2D eigenvalue weighted by atomic mass is 32.1. The van der Waals surface area contributed by atoms with E-state index < -0.39 is 0 Å². The number of thiazole rings is 1. The maximum Gasteiger partial charge on any atom is 0.259 e. The Balaban J connectivity index is 1.62. The standard InChI is InChI=1S/C15H16N6OS2/c1-3-11-7-17-14(24-11)9(2)19-12-5-4-10(6-16-12)13(22)20-15-21-18-8-23-15/h4-9H,3H2,1-2H3,(H,16,19)(H,20,21,22). The molecule has 3 heterocycles. The van der Waals surface area contributed by atoms with Crippen molar-refractivity contribution < 1.29 is 4.79 Å². The topological polar surface area (TPSA) is 92.7 Å². The third kappa shape index (κ3) is 3.92. The van der Waals surface area contributed by atoms with E-state index in [0.717, 1.165) is 11.4 Å². The van der Waals surface area contributed by atoms with Crippen LogP contribution in [-0.2, 0) is 6.42 Å². The van der Waals surface area contributed by atoms with Crippen LogP contribution in [0.3, 0.4) is 0 Å². The minimum atomic E-state index is -0.258. The van der Waals surface area contributed by atoms with Gasteiger partial charge in [0.2, 0.25) is 5.13 Å². The summed E-state index contributed by atoms with van der Waals surface area (Å²) in [4.78, 5) is 22.0. The summed E-state index contributed by atoms with van der Waals surface area (Å²) in [5.74, 6) is 0.439. The van der Waals surface area contributed by atoms with Gasteiger partial charge in [0.15, 0.2) is 0 Å². The number of carbonyl (C=O) groups excluding carboxylic acids is 1. The van der Waals surface area contributed by atoms with Crippen LogP contribution in [0.5, 0.6) is 0 Å². The minimum Gasteiger partial charge on any atom is -0.361 e. The molecule has 0 aliphatic rings. The van der Waals surface area contributed by atoms with E-state index >= 15 is 0 Å². The number of amides is 1. The fraction of sp³-hybridized carbons (Fsp3) is 0.267. The van der Waals surface area contributed by atoms with E-state index in [1.807, 2.05) is 13.1 Å². The third-order valence-corrected chi connectivity index (χ3v) is 5.19. The fourth-order valence-corrected chi connectivity index (χ4v) is 3.28. The summed E-state index contributed by atoms with van der Waals surface area (Å²) in [5, 5.41) is 14.9. The second-order valence-corrected chi connectivity index (χ2v) is 6.99. The van der Waals surface area contributed by atoms with Crippen molar-refractivity contribution in [3.8, 4) is 0 Å². The molecule has 0 aromatic carbocycles. The molecule has 9 heteroatoms. The Morgan fingerprint density at radius 1 is 1.29 bits per heavy atom. The maximum absolute atomic E-state index is 12.1. The molecule has 0 bridgehead atoms. The van der Waals surface area contributed by atoms with E-state index in [2.05, 4.69) is 37.7 Å². The number of nitrogens with zero attached hydrogens (tertiary/aromatic N) is 4. The predicted molar refractivity (Wildman–Crippen MR) is 95.6 cm³/mol. The van der Waals surface area contributed by atoms with Crippen LogP contribution in [0.2, 0.25) is 0 Å². The number of anilines is 2. The van der Waals surface area contributed by atoms with Gasteiger partial charge in [0.05, 0.1) is 11.6 Å². The summed E-state index contributed by atoms with van der Waals surface area (Å²) in [6.45, 7) is 4.15. The molecule has 0 saturated heterocycles. The first-order chi connectivity index (χ1) is 11.7. The molecule has 124 valence electrons. The number of hydrogen-bond acceptors (Lipinski definition) is 8. The summed E-state index contributed by atoms with van der Waals surface area (Å²) in [6, 6.07) is 3.56. The van der Waals surface area contributed by atoms with Crippen molar-refractivity contribution in [2.75, 3.05) is 10.6 Å². The second kappa shape index (κ2) is 7.45. The summed E-state index contributed by atoms with van der Waals surface area (Å²) in [5.41, 5.74) is 2.02. The molecule has 0 radical (unpaired) electrons. The molecule has 0 saturated carbocycles. The molecule has 24 heavy (non-hydrogen) atoms. The number of rotatable bonds is 6. The highest BCUT2D eigenvalue weighted by Gasteiger charge is 2.12. The third-order valence-electron chi connectivity index (χ3n) is 3.26. The highest BCUT2D eigenvalue weighted by molar-refractivity contribution is 7.13. The molecule has 2 N–H and O–H groups in total. The van der Waals surface area contributed by atoms with Crippen LogP contribution in [0.1, 0.15) is 40.1 Å². The Labute approximate surface area is 147 Å². The van der Waals surface area contributed by atoms with Crippen LogP contribution in [0.25, 0.3) is 0 Å². The fourth-order valence-electron chi connectivity index (χ4n) is 1.98.